The molecule has 2 fully saturated rings. The lowest BCUT2D eigenvalue weighted by Gasteiger charge is -2.31. The van der Waals surface area contributed by atoms with Crippen LogP contribution in [0.3, 0.4) is 0 Å². The number of hydrogen-bond donors (Lipinski definition) is 2. The van der Waals surface area contributed by atoms with Crippen LogP contribution in [-0.4, -0.2) is 35.8 Å². The highest BCUT2D eigenvalue weighted by Crippen LogP contribution is 2.32. The molecule has 1 aliphatic heterocycles. The van der Waals surface area contributed by atoms with Gasteiger partial charge in [0.05, 0.1) is 0 Å². The molecule has 3 rings (SSSR count). The standard InChI is InChI=1S/C18H27N3OS/c19-18(22)21-10-8-15(9-11-21)20-16-6-3-7-17(12-16)23-13-14-4-1-2-5-14/h3,6-7,12,14-15,20H,1-2,4-5,8-11,13H2,(H2,19,22). The Balaban J connectivity index is 1.48. The number of nitrogens with zero attached hydrogens (tertiary/aromatic N) is 1. The van der Waals surface area contributed by atoms with Gasteiger partial charge in [-0.2, -0.15) is 0 Å². The number of piperidine rings is 1. The number of hydrogen-bond acceptors (Lipinski definition) is 3. The van der Waals surface area contributed by atoms with Gasteiger partial charge in [-0.05, 0) is 49.8 Å². The average Bonchev–Trinajstić information content (AvgIpc) is 3.07. The van der Waals surface area contributed by atoms with Crippen molar-refractivity contribution >= 4 is 23.5 Å². The average molecular weight is 334 g/mol. The molecule has 126 valence electrons. The summed E-state index contributed by atoms with van der Waals surface area (Å²) >= 11 is 1.99. The monoisotopic (exact) mass is 333 g/mol. The van der Waals surface area contributed by atoms with E-state index in [9.17, 15) is 4.79 Å². The van der Waals surface area contributed by atoms with Crippen molar-refractivity contribution in [1.29, 1.82) is 0 Å². The smallest absolute Gasteiger partial charge is 0.314 e. The zero-order valence-corrected chi connectivity index (χ0v) is 14.5. The molecule has 0 unspecified atom stereocenters. The second-order valence-corrected chi connectivity index (χ2v) is 7.83. The molecular weight excluding hydrogens is 306 g/mol. The minimum atomic E-state index is -0.297. The van der Waals surface area contributed by atoms with Gasteiger partial charge in [-0.3, -0.25) is 0 Å². The summed E-state index contributed by atoms with van der Waals surface area (Å²) in [7, 11) is 0. The van der Waals surface area contributed by atoms with Crippen molar-refractivity contribution in [2.45, 2.75) is 49.5 Å². The Morgan fingerprint density at radius 2 is 1.96 bits per heavy atom. The van der Waals surface area contributed by atoms with E-state index in [0.717, 1.165) is 31.8 Å². The highest BCUT2D eigenvalue weighted by molar-refractivity contribution is 7.99. The number of carbonyl (C=O) groups is 1. The predicted molar refractivity (Wildman–Crippen MR) is 96.9 cm³/mol. The molecule has 1 heterocycles. The first-order chi connectivity index (χ1) is 11.2. The van der Waals surface area contributed by atoms with Crippen LogP contribution in [-0.2, 0) is 0 Å². The fourth-order valence-electron chi connectivity index (χ4n) is 3.55. The Bertz CT molecular complexity index is 523. The first-order valence-corrected chi connectivity index (χ1v) is 9.73. The van der Waals surface area contributed by atoms with E-state index in [1.807, 2.05) is 11.8 Å². The van der Waals surface area contributed by atoms with Gasteiger partial charge in [-0.1, -0.05) is 18.9 Å². The molecule has 1 aliphatic carbocycles. The Labute approximate surface area is 143 Å². The third kappa shape index (κ3) is 4.80. The molecular formula is C18H27N3OS. The highest BCUT2D eigenvalue weighted by Gasteiger charge is 2.21. The minimum absolute atomic E-state index is 0.297. The summed E-state index contributed by atoms with van der Waals surface area (Å²) < 4.78 is 0. The summed E-state index contributed by atoms with van der Waals surface area (Å²) in [6.45, 7) is 1.51. The SMILES string of the molecule is NC(=O)N1CCC(Nc2cccc(SCC3CCCC3)c2)CC1. The van der Waals surface area contributed by atoms with Gasteiger partial charge in [0.2, 0.25) is 0 Å². The number of carbonyl (C=O) groups excluding carboxylic acids is 1. The van der Waals surface area contributed by atoms with Crippen molar-refractivity contribution < 1.29 is 4.79 Å². The fraction of sp³-hybridized carbons (Fsp3) is 0.611. The van der Waals surface area contributed by atoms with Crippen molar-refractivity contribution in [2.24, 2.45) is 11.7 Å². The molecule has 0 bridgehead atoms. The van der Waals surface area contributed by atoms with E-state index in [2.05, 4.69) is 29.6 Å². The molecule has 1 aromatic rings. The van der Waals surface area contributed by atoms with Gasteiger partial charge < -0.3 is 16.0 Å². The normalized spacial score (nSPS) is 19.9. The summed E-state index contributed by atoms with van der Waals surface area (Å²) in [6, 6.07) is 8.88. The largest absolute Gasteiger partial charge is 0.382 e. The Hall–Kier alpha value is -1.36. The van der Waals surface area contributed by atoms with Crippen molar-refractivity contribution in [3.63, 3.8) is 0 Å². The molecule has 2 amide bonds. The van der Waals surface area contributed by atoms with Crippen LogP contribution in [0.25, 0.3) is 0 Å². The van der Waals surface area contributed by atoms with Crippen LogP contribution in [0.2, 0.25) is 0 Å². The molecule has 4 nitrogen and oxygen atoms in total. The maximum Gasteiger partial charge on any atom is 0.314 e. The maximum absolute atomic E-state index is 11.2. The van der Waals surface area contributed by atoms with Crippen molar-refractivity contribution in [3.8, 4) is 0 Å². The number of rotatable bonds is 5. The molecule has 2 aliphatic rings. The molecule has 3 N–H and O–H groups in total. The van der Waals surface area contributed by atoms with E-state index in [1.54, 1.807) is 4.90 Å². The van der Waals surface area contributed by atoms with Crippen LogP contribution in [0.15, 0.2) is 29.2 Å². The minimum Gasteiger partial charge on any atom is -0.382 e. The van der Waals surface area contributed by atoms with Gasteiger partial charge in [-0.25, -0.2) is 4.79 Å². The third-order valence-electron chi connectivity index (χ3n) is 4.97. The van der Waals surface area contributed by atoms with Gasteiger partial charge >= 0.3 is 6.03 Å². The number of likely N-dealkylation sites (tertiary alicyclic amines) is 1. The lowest BCUT2D eigenvalue weighted by Crippen LogP contribution is -2.44. The zero-order chi connectivity index (χ0) is 16.1. The first-order valence-electron chi connectivity index (χ1n) is 8.74. The van der Waals surface area contributed by atoms with Gasteiger partial charge in [-0.15, -0.1) is 11.8 Å². The topological polar surface area (TPSA) is 58.4 Å². The van der Waals surface area contributed by atoms with Crippen molar-refractivity contribution in [3.05, 3.63) is 24.3 Å². The number of amides is 2. The molecule has 0 radical (unpaired) electrons. The number of urea groups is 1. The highest BCUT2D eigenvalue weighted by atomic mass is 32.2. The van der Waals surface area contributed by atoms with Crippen molar-refractivity contribution in [2.75, 3.05) is 24.2 Å². The number of anilines is 1. The van der Waals surface area contributed by atoms with E-state index < -0.39 is 0 Å². The van der Waals surface area contributed by atoms with Crippen LogP contribution in [0.4, 0.5) is 10.5 Å². The second kappa shape index (κ2) is 7.95. The molecule has 23 heavy (non-hydrogen) atoms. The predicted octanol–water partition coefficient (Wildman–Crippen LogP) is 3.92. The lowest BCUT2D eigenvalue weighted by molar-refractivity contribution is 0.193. The molecule has 1 saturated heterocycles. The molecule has 5 heteroatoms. The van der Waals surface area contributed by atoms with E-state index in [4.69, 9.17) is 5.73 Å². The summed E-state index contributed by atoms with van der Waals surface area (Å²) in [5, 5.41) is 3.62. The quantitative estimate of drug-likeness (QED) is 0.803. The Morgan fingerprint density at radius 1 is 1.22 bits per heavy atom. The van der Waals surface area contributed by atoms with E-state index in [1.165, 1.54) is 42.0 Å². The van der Waals surface area contributed by atoms with E-state index >= 15 is 0 Å². The van der Waals surface area contributed by atoms with Crippen LogP contribution >= 0.6 is 11.8 Å². The summed E-state index contributed by atoms with van der Waals surface area (Å²) in [5.74, 6) is 2.16. The first kappa shape index (κ1) is 16.5. The summed E-state index contributed by atoms with van der Waals surface area (Å²) in [5.41, 5.74) is 6.53. The van der Waals surface area contributed by atoms with Gasteiger partial charge in [0, 0.05) is 35.5 Å². The van der Waals surface area contributed by atoms with Crippen LogP contribution in [0.1, 0.15) is 38.5 Å². The number of nitrogens with one attached hydrogen (secondary N) is 1. The number of benzene rings is 1. The molecule has 1 saturated carbocycles. The molecule has 0 atom stereocenters. The van der Waals surface area contributed by atoms with Crippen LogP contribution < -0.4 is 11.1 Å². The summed E-state index contributed by atoms with van der Waals surface area (Å²) in [6.07, 6.45) is 7.56. The summed E-state index contributed by atoms with van der Waals surface area (Å²) in [4.78, 5) is 14.3. The second-order valence-electron chi connectivity index (χ2n) is 6.73. The van der Waals surface area contributed by atoms with Crippen LogP contribution in [0, 0.1) is 5.92 Å². The Kier molecular flexibility index (Phi) is 5.70. The van der Waals surface area contributed by atoms with E-state index in [-0.39, 0.29) is 6.03 Å². The van der Waals surface area contributed by atoms with Gasteiger partial charge in [0.15, 0.2) is 0 Å². The third-order valence-corrected chi connectivity index (χ3v) is 6.20. The molecule has 0 spiro atoms. The van der Waals surface area contributed by atoms with Gasteiger partial charge in [0.25, 0.3) is 0 Å². The Morgan fingerprint density at radius 3 is 2.65 bits per heavy atom. The number of thioether (sulfide) groups is 1. The van der Waals surface area contributed by atoms with E-state index in [0.29, 0.717) is 6.04 Å². The van der Waals surface area contributed by atoms with Crippen molar-refractivity contribution in [1.82, 2.24) is 4.90 Å². The number of primary amides is 1. The number of nitrogens with two attached hydrogens (primary N) is 1. The lowest BCUT2D eigenvalue weighted by atomic mass is 10.1. The zero-order valence-electron chi connectivity index (χ0n) is 13.7. The fourth-order valence-corrected chi connectivity index (χ4v) is 4.69. The molecule has 0 aromatic heterocycles. The van der Waals surface area contributed by atoms with Crippen LogP contribution in [0.5, 0.6) is 0 Å². The maximum atomic E-state index is 11.2. The van der Waals surface area contributed by atoms with Gasteiger partial charge in [0.1, 0.15) is 0 Å². The molecule has 1 aromatic carbocycles.